The van der Waals surface area contributed by atoms with Gasteiger partial charge < -0.3 is 10.2 Å². The van der Waals surface area contributed by atoms with Crippen LogP contribution in [-0.2, 0) is 16.6 Å². The van der Waals surface area contributed by atoms with Crippen molar-refractivity contribution < 1.29 is 9.59 Å². The molecule has 1 N–H and O–H groups in total. The maximum atomic E-state index is 11.9. The largest absolute Gasteiger partial charge is 0.348 e. The van der Waals surface area contributed by atoms with Crippen LogP contribution in [0.1, 0.15) is 12.8 Å². The molecule has 6 heteroatoms. The average molecular weight is 248 g/mol. The minimum Gasteiger partial charge on any atom is -0.348 e. The molecular formula is C12H16N4O2. The Labute approximate surface area is 105 Å². The van der Waals surface area contributed by atoms with Gasteiger partial charge in [-0.2, -0.15) is 5.10 Å². The highest BCUT2D eigenvalue weighted by atomic mass is 16.2. The monoisotopic (exact) mass is 248 g/mol. The molecule has 0 radical (unpaired) electrons. The Morgan fingerprint density at radius 2 is 2.44 bits per heavy atom. The van der Waals surface area contributed by atoms with Gasteiger partial charge >= 0.3 is 0 Å². The van der Waals surface area contributed by atoms with Crippen molar-refractivity contribution in [1.82, 2.24) is 15.1 Å². The summed E-state index contributed by atoms with van der Waals surface area (Å²) in [5.41, 5.74) is 0.764. The third kappa shape index (κ3) is 2.58. The van der Waals surface area contributed by atoms with Crippen molar-refractivity contribution >= 4 is 17.5 Å². The molecule has 1 saturated heterocycles. The van der Waals surface area contributed by atoms with Gasteiger partial charge in [0.2, 0.25) is 11.8 Å². The van der Waals surface area contributed by atoms with Crippen LogP contribution in [0.4, 0.5) is 5.69 Å². The van der Waals surface area contributed by atoms with Gasteiger partial charge in [-0.25, -0.2) is 0 Å². The molecule has 2 amide bonds. The Balaban J connectivity index is 2.07. The molecule has 6 nitrogen and oxygen atoms in total. The molecule has 0 aliphatic carbocycles. The van der Waals surface area contributed by atoms with Crippen molar-refractivity contribution in [2.75, 3.05) is 11.4 Å². The zero-order valence-electron chi connectivity index (χ0n) is 10.3. The Bertz CT molecular complexity index is 480. The molecule has 1 aromatic heterocycles. The fourth-order valence-corrected chi connectivity index (χ4v) is 2.02. The summed E-state index contributed by atoms with van der Waals surface area (Å²) in [6, 6.07) is -0.0339. The number of amides is 2. The van der Waals surface area contributed by atoms with Crippen LogP contribution in [0.15, 0.2) is 25.0 Å². The van der Waals surface area contributed by atoms with Crippen LogP contribution < -0.4 is 10.2 Å². The van der Waals surface area contributed by atoms with Crippen molar-refractivity contribution in [2.24, 2.45) is 7.05 Å². The summed E-state index contributed by atoms with van der Waals surface area (Å²) >= 11 is 0. The normalized spacial score (nSPS) is 19.7. The van der Waals surface area contributed by atoms with Crippen LogP contribution in [0.5, 0.6) is 0 Å². The number of hydrogen-bond donors (Lipinski definition) is 1. The van der Waals surface area contributed by atoms with Crippen LogP contribution in [0.3, 0.4) is 0 Å². The third-order valence-electron chi connectivity index (χ3n) is 2.95. The minimum atomic E-state index is -0.208. The Kier molecular flexibility index (Phi) is 3.45. The molecule has 1 aliphatic heterocycles. The van der Waals surface area contributed by atoms with Crippen LogP contribution in [0, 0.1) is 0 Å². The van der Waals surface area contributed by atoms with E-state index in [-0.39, 0.29) is 17.9 Å². The van der Waals surface area contributed by atoms with Gasteiger partial charge in [0.1, 0.15) is 0 Å². The van der Waals surface area contributed by atoms with Gasteiger partial charge in [0.25, 0.3) is 0 Å². The third-order valence-corrected chi connectivity index (χ3v) is 2.95. The highest BCUT2D eigenvalue weighted by Gasteiger charge is 2.27. The molecule has 0 saturated carbocycles. The Hall–Kier alpha value is -2.11. The molecule has 2 heterocycles. The topological polar surface area (TPSA) is 67.2 Å². The molecule has 96 valence electrons. The molecule has 1 aromatic rings. The van der Waals surface area contributed by atoms with Crippen molar-refractivity contribution in [3.63, 3.8) is 0 Å². The second-order valence-corrected chi connectivity index (χ2v) is 4.32. The predicted octanol–water partition coefficient (Wildman–Crippen LogP) is 0.218. The summed E-state index contributed by atoms with van der Waals surface area (Å²) in [6.45, 7) is 3.89. The van der Waals surface area contributed by atoms with Crippen LogP contribution in [0.2, 0.25) is 0 Å². The lowest BCUT2D eigenvalue weighted by Crippen LogP contribution is -2.49. The fraction of sp³-hybridized carbons (Fsp3) is 0.417. The molecule has 2 rings (SSSR count). The van der Waals surface area contributed by atoms with Gasteiger partial charge in [-0.3, -0.25) is 14.3 Å². The Morgan fingerprint density at radius 1 is 1.67 bits per heavy atom. The number of carbonyl (C=O) groups is 2. The summed E-state index contributed by atoms with van der Waals surface area (Å²) in [7, 11) is 1.80. The summed E-state index contributed by atoms with van der Waals surface area (Å²) < 4.78 is 1.65. The van der Waals surface area contributed by atoms with Gasteiger partial charge in [-0.15, -0.1) is 0 Å². The zero-order valence-corrected chi connectivity index (χ0v) is 10.3. The molecule has 1 fully saturated rings. The number of nitrogens with zero attached hydrogens (tertiary/aromatic N) is 3. The number of hydrogen-bond acceptors (Lipinski definition) is 3. The van der Waals surface area contributed by atoms with Gasteiger partial charge in [0.05, 0.1) is 11.9 Å². The molecule has 1 aliphatic rings. The van der Waals surface area contributed by atoms with E-state index in [1.165, 1.54) is 6.08 Å². The first kappa shape index (κ1) is 12.3. The number of rotatable bonds is 3. The standard InChI is InChI=1S/C12H16N4O2/c1-3-11(17)14-9-4-5-12(18)16(7-9)10-6-13-15(2)8-10/h3,6,8-9H,1,4-5,7H2,2H3,(H,14,17). The second-order valence-electron chi connectivity index (χ2n) is 4.32. The maximum absolute atomic E-state index is 11.9. The summed E-state index contributed by atoms with van der Waals surface area (Å²) in [5, 5.41) is 6.87. The summed E-state index contributed by atoms with van der Waals surface area (Å²) in [5.74, 6) is -0.146. The fourth-order valence-electron chi connectivity index (χ4n) is 2.02. The van der Waals surface area contributed by atoms with E-state index in [1.807, 2.05) is 0 Å². The molecule has 1 atom stereocenters. The first-order chi connectivity index (χ1) is 8.60. The lowest BCUT2D eigenvalue weighted by Gasteiger charge is -2.31. The van der Waals surface area contributed by atoms with Gasteiger partial charge in [0, 0.05) is 32.3 Å². The molecule has 18 heavy (non-hydrogen) atoms. The lowest BCUT2D eigenvalue weighted by atomic mass is 10.0. The molecule has 0 aromatic carbocycles. The van der Waals surface area contributed by atoms with Gasteiger partial charge in [-0.1, -0.05) is 6.58 Å². The quantitative estimate of drug-likeness (QED) is 0.778. The minimum absolute atomic E-state index is 0.0339. The van der Waals surface area contributed by atoms with E-state index in [0.29, 0.717) is 19.4 Å². The number of nitrogens with one attached hydrogen (secondary N) is 1. The van der Waals surface area contributed by atoms with Crippen molar-refractivity contribution in [3.05, 3.63) is 25.0 Å². The summed E-state index contributed by atoms with van der Waals surface area (Å²) in [6.07, 6.45) is 5.77. The van der Waals surface area contributed by atoms with Gasteiger partial charge in [-0.05, 0) is 12.5 Å². The Morgan fingerprint density at radius 3 is 3.06 bits per heavy atom. The van der Waals surface area contributed by atoms with E-state index in [2.05, 4.69) is 17.0 Å². The number of aromatic nitrogens is 2. The molecular weight excluding hydrogens is 232 g/mol. The first-order valence-electron chi connectivity index (χ1n) is 5.82. The lowest BCUT2D eigenvalue weighted by molar-refractivity contribution is -0.121. The molecule has 0 bridgehead atoms. The maximum Gasteiger partial charge on any atom is 0.243 e. The predicted molar refractivity (Wildman–Crippen MR) is 66.9 cm³/mol. The van der Waals surface area contributed by atoms with E-state index in [0.717, 1.165) is 5.69 Å². The zero-order chi connectivity index (χ0) is 13.1. The van der Waals surface area contributed by atoms with E-state index >= 15 is 0 Å². The average Bonchev–Trinajstić information content (AvgIpc) is 2.78. The highest BCUT2D eigenvalue weighted by Crippen LogP contribution is 2.20. The number of anilines is 1. The molecule has 0 spiro atoms. The van der Waals surface area contributed by atoms with E-state index in [9.17, 15) is 9.59 Å². The number of piperidine rings is 1. The second kappa shape index (κ2) is 5.03. The highest BCUT2D eigenvalue weighted by molar-refractivity contribution is 5.94. The smallest absolute Gasteiger partial charge is 0.243 e. The number of aryl methyl sites for hydroxylation is 1. The number of carbonyl (C=O) groups excluding carboxylic acids is 2. The molecule has 1 unspecified atom stereocenters. The van der Waals surface area contributed by atoms with Crippen LogP contribution in [-0.4, -0.2) is 34.2 Å². The summed E-state index contributed by atoms with van der Waals surface area (Å²) in [4.78, 5) is 24.8. The SMILES string of the molecule is C=CC(=O)NC1CCC(=O)N(c2cnn(C)c2)C1. The van der Waals surface area contributed by atoms with Crippen molar-refractivity contribution in [3.8, 4) is 0 Å². The van der Waals surface area contributed by atoms with E-state index in [1.54, 1.807) is 29.0 Å². The van der Waals surface area contributed by atoms with E-state index < -0.39 is 0 Å². The van der Waals surface area contributed by atoms with Gasteiger partial charge in [0.15, 0.2) is 0 Å². The first-order valence-corrected chi connectivity index (χ1v) is 5.82. The van der Waals surface area contributed by atoms with Crippen molar-refractivity contribution in [2.45, 2.75) is 18.9 Å². The van der Waals surface area contributed by atoms with Crippen LogP contribution in [0.25, 0.3) is 0 Å². The van der Waals surface area contributed by atoms with Crippen molar-refractivity contribution in [1.29, 1.82) is 0 Å². The van der Waals surface area contributed by atoms with Crippen LogP contribution >= 0.6 is 0 Å². The van der Waals surface area contributed by atoms with E-state index in [4.69, 9.17) is 0 Å².